The van der Waals surface area contributed by atoms with Crippen LogP contribution in [0.3, 0.4) is 0 Å². The maximum atomic E-state index is 13.2. The van der Waals surface area contributed by atoms with E-state index in [0.29, 0.717) is 25.9 Å². The van der Waals surface area contributed by atoms with E-state index in [1.54, 1.807) is 20.0 Å². The molecule has 0 aromatic carbocycles. The molecule has 3 aromatic heterocycles. The largest absolute Gasteiger partial charge is 0.431 e. The van der Waals surface area contributed by atoms with Crippen LogP contribution < -0.4 is 5.56 Å². The number of thiophene rings is 1. The fourth-order valence-corrected chi connectivity index (χ4v) is 5.14. The van der Waals surface area contributed by atoms with Crippen molar-refractivity contribution in [3.8, 4) is 10.7 Å². The normalized spacial score (nSPS) is 13.5. The molecule has 1 atom stereocenters. The summed E-state index contributed by atoms with van der Waals surface area (Å²) in [7, 11) is 1.42. The number of hydrogen-bond acceptors (Lipinski definition) is 4. The number of pyridine rings is 1. The Balaban J connectivity index is 2.35. The SMILES string of the molecule is CCS(=O)c1cc(C)sc1-c1nc2cc(C(F)(F)F)n(C)c(=O)c2n1C. The van der Waals surface area contributed by atoms with Crippen LogP contribution in [0.2, 0.25) is 0 Å². The Morgan fingerprint density at radius 3 is 2.46 bits per heavy atom. The molecular formula is C16H16F3N3O2S2. The molecule has 0 saturated heterocycles. The van der Waals surface area contributed by atoms with Crippen LogP contribution in [0.5, 0.6) is 0 Å². The summed E-state index contributed by atoms with van der Waals surface area (Å²) in [5, 5.41) is 0. The maximum absolute atomic E-state index is 13.2. The van der Waals surface area contributed by atoms with Crippen molar-refractivity contribution in [2.45, 2.75) is 24.9 Å². The van der Waals surface area contributed by atoms with Crippen molar-refractivity contribution in [3.05, 3.63) is 33.1 Å². The van der Waals surface area contributed by atoms with Gasteiger partial charge in [-0.15, -0.1) is 11.3 Å². The Hall–Kier alpha value is -1.94. The van der Waals surface area contributed by atoms with Crippen LogP contribution in [0, 0.1) is 6.92 Å². The first-order valence-corrected chi connectivity index (χ1v) is 9.82. The molecule has 1 unspecified atom stereocenters. The average Bonchev–Trinajstić information content (AvgIpc) is 3.09. The number of fused-ring (bicyclic) bond motifs is 1. The van der Waals surface area contributed by atoms with Gasteiger partial charge in [-0.05, 0) is 19.1 Å². The fourth-order valence-electron chi connectivity index (χ4n) is 2.81. The van der Waals surface area contributed by atoms with Crippen LogP contribution >= 0.6 is 11.3 Å². The lowest BCUT2D eigenvalue weighted by atomic mass is 10.3. The summed E-state index contributed by atoms with van der Waals surface area (Å²) >= 11 is 1.35. The zero-order chi connectivity index (χ0) is 19.4. The van der Waals surface area contributed by atoms with Crippen LogP contribution in [-0.2, 0) is 31.1 Å². The molecule has 0 radical (unpaired) electrons. The van der Waals surface area contributed by atoms with Crippen molar-refractivity contribution in [3.63, 3.8) is 0 Å². The van der Waals surface area contributed by atoms with Gasteiger partial charge in [0.25, 0.3) is 5.56 Å². The molecule has 0 amide bonds. The molecule has 26 heavy (non-hydrogen) atoms. The minimum Gasteiger partial charge on any atom is -0.322 e. The molecule has 0 aliphatic heterocycles. The number of alkyl halides is 3. The topological polar surface area (TPSA) is 56.9 Å². The summed E-state index contributed by atoms with van der Waals surface area (Å²) < 4.78 is 53.9. The first kappa shape index (κ1) is 18.8. The minimum absolute atomic E-state index is 0.0304. The van der Waals surface area contributed by atoms with Crippen LogP contribution in [-0.4, -0.2) is 24.1 Å². The van der Waals surface area contributed by atoms with E-state index >= 15 is 0 Å². The highest BCUT2D eigenvalue weighted by atomic mass is 32.2. The molecular weight excluding hydrogens is 387 g/mol. The second kappa shape index (κ2) is 6.34. The van der Waals surface area contributed by atoms with E-state index in [1.165, 1.54) is 15.9 Å². The number of aromatic nitrogens is 3. The molecule has 0 aliphatic rings. The fraction of sp³-hybridized carbons (Fsp3) is 0.375. The first-order chi connectivity index (χ1) is 12.1. The second-order valence-corrected chi connectivity index (χ2v) is 8.77. The summed E-state index contributed by atoms with van der Waals surface area (Å²) in [4.78, 5) is 18.9. The zero-order valence-corrected chi connectivity index (χ0v) is 16.1. The number of nitrogens with zero attached hydrogens (tertiary/aromatic N) is 3. The van der Waals surface area contributed by atoms with Crippen LogP contribution in [0.1, 0.15) is 17.5 Å². The molecule has 0 fully saturated rings. The summed E-state index contributed by atoms with van der Waals surface area (Å²) in [5.41, 5.74) is -1.78. The minimum atomic E-state index is -4.66. The molecule has 3 rings (SSSR count). The molecule has 5 nitrogen and oxygen atoms in total. The van der Waals surface area contributed by atoms with E-state index in [2.05, 4.69) is 4.98 Å². The van der Waals surface area contributed by atoms with Gasteiger partial charge in [-0.2, -0.15) is 13.2 Å². The third-order valence-electron chi connectivity index (χ3n) is 4.09. The van der Waals surface area contributed by atoms with Crippen molar-refractivity contribution in [2.75, 3.05) is 5.75 Å². The van der Waals surface area contributed by atoms with Gasteiger partial charge >= 0.3 is 6.18 Å². The summed E-state index contributed by atoms with van der Waals surface area (Å²) in [6, 6.07) is 2.66. The monoisotopic (exact) mass is 403 g/mol. The second-order valence-electron chi connectivity index (χ2n) is 5.80. The molecule has 3 heterocycles. The highest BCUT2D eigenvalue weighted by Crippen LogP contribution is 2.36. The van der Waals surface area contributed by atoms with Crippen molar-refractivity contribution in [1.82, 2.24) is 14.1 Å². The third kappa shape index (κ3) is 2.90. The number of rotatable bonds is 3. The van der Waals surface area contributed by atoms with Gasteiger partial charge in [0.2, 0.25) is 0 Å². The molecule has 0 spiro atoms. The molecule has 0 saturated carbocycles. The van der Waals surface area contributed by atoms with Crippen LogP contribution in [0.15, 0.2) is 21.8 Å². The van der Waals surface area contributed by atoms with Crippen molar-refractivity contribution < 1.29 is 17.4 Å². The highest BCUT2D eigenvalue weighted by molar-refractivity contribution is 7.85. The number of aryl methyl sites for hydroxylation is 2. The molecule has 0 bridgehead atoms. The molecule has 140 valence electrons. The van der Waals surface area contributed by atoms with E-state index in [0.717, 1.165) is 18.0 Å². The molecule has 10 heteroatoms. The Bertz CT molecular complexity index is 1090. The zero-order valence-electron chi connectivity index (χ0n) is 14.5. The van der Waals surface area contributed by atoms with Gasteiger partial charge in [-0.3, -0.25) is 9.00 Å². The van der Waals surface area contributed by atoms with Gasteiger partial charge in [0, 0.05) is 24.7 Å². The number of halogens is 3. The number of hydrogen-bond donors (Lipinski definition) is 0. The van der Waals surface area contributed by atoms with Crippen molar-refractivity contribution >= 4 is 33.2 Å². The first-order valence-electron chi connectivity index (χ1n) is 7.69. The Labute approximate surface area is 153 Å². The predicted octanol–water partition coefficient (Wildman–Crippen LogP) is 3.46. The van der Waals surface area contributed by atoms with Crippen molar-refractivity contribution in [2.24, 2.45) is 14.1 Å². The van der Waals surface area contributed by atoms with Gasteiger partial charge < -0.3 is 9.13 Å². The van der Waals surface area contributed by atoms with E-state index in [-0.39, 0.29) is 11.0 Å². The van der Waals surface area contributed by atoms with Crippen LogP contribution in [0.25, 0.3) is 21.7 Å². The molecule has 0 N–H and O–H groups in total. The van der Waals surface area contributed by atoms with E-state index in [9.17, 15) is 22.2 Å². The van der Waals surface area contributed by atoms with E-state index in [1.807, 2.05) is 6.92 Å². The lowest BCUT2D eigenvalue weighted by molar-refractivity contribution is -0.143. The predicted molar refractivity (Wildman–Crippen MR) is 96.0 cm³/mol. The lowest BCUT2D eigenvalue weighted by Gasteiger charge is -2.11. The maximum Gasteiger partial charge on any atom is 0.431 e. The summed E-state index contributed by atoms with van der Waals surface area (Å²) in [6.07, 6.45) is -4.66. The molecule has 0 aliphatic carbocycles. The van der Waals surface area contributed by atoms with Crippen LogP contribution in [0.4, 0.5) is 13.2 Å². The van der Waals surface area contributed by atoms with Gasteiger partial charge in [0.1, 0.15) is 11.2 Å². The summed E-state index contributed by atoms with van der Waals surface area (Å²) in [6.45, 7) is 3.64. The van der Waals surface area contributed by atoms with Gasteiger partial charge in [-0.25, -0.2) is 4.98 Å². The van der Waals surface area contributed by atoms with Gasteiger partial charge in [-0.1, -0.05) is 6.92 Å². The van der Waals surface area contributed by atoms with Crippen molar-refractivity contribution in [1.29, 1.82) is 0 Å². The quantitative estimate of drug-likeness (QED) is 0.673. The number of imidazole rings is 1. The Kier molecular flexibility index (Phi) is 4.60. The third-order valence-corrected chi connectivity index (χ3v) is 6.60. The Morgan fingerprint density at radius 1 is 1.23 bits per heavy atom. The smallest absolute Gasteiger partial charge is 0.322 e. The Morgan fingerprint density at radius 2 is 1.88 bits per heavy atom. The summed E-state index contributed by atoms with van der Waals surface area (Å²) in [5.74, 6) is 0.749. The van der Waals surface area contributed by atoms with Gasteiger partial charge in [0.05, 0.1) is 26.1 Å². The molecule has 3 aromatic rings. The average molecular weight is 403 g/mol. The van der Waals surface area contributed by atoms with Gasteiger partial charge in [0.15, 0.2) is 5.82 Å². The lowest BCUT2D eigenvalue weighted by Crippen LogP contribution is -2.26. The van der Waals surface area contributed by atoms with E-state index in [4.69, 9.17) is 0 Å². The highest BCUT2D eigenvalue weighted by Gasteiger charge is 2.35. The standard InChI is InChI=1S/C16H16F3N3O2S2/c1-5-26(24)10-6-8(2)25-13(10)14-20-9-7-11(16(17,18)19)21(3)15(23)12(9)22(14)4/h6-7H,5H2,1-4H3. The van der Waals surface area contributed by atoms with E-state index < -0.39 is 28.2 Å².